The van der Waals surface area contributed by atoms with E-state index < -0.39 is 0 Å². The summed E-state index contributed by atoms with van der Waals surface area (Å²) in [5.41, 5.74) is 1.38. The fourth-order valence-electron chi connectivity index (χ4n) is 1.76. The molecule has 17 heavy (non-hydrogen) atoms. The van der Waals surface area contributed by atoms with Crippen molar-refractivity contribution in [1.29, 1.82) is 0 Å². The number of benzene rings is 2. The number of hydrogen-bond donors (Lipinski definition) is 1. The van der Waals surface area contributed by atoms with Crippen molar-refractivity contribution in [3.63, 3.8) is 0 Å². The Morgan fingerprint density at radius 3 is 2.76 bits per heavy atom. The summed E-state index contributed by atoms with van der Waals surface area (Å²) in [5.74, 6) is 0.254. The molecule has 0 aliphatic heterocycles. The van der Waals surface area contributed by atoms with Crippen molar-refractivity contribution in [2.24, 2.45) is 5.16 Å². The third-order valence-electron chi connectivity index (χ3n) is 2.62. The van der Waals surface area contributed by atoms with E-state index in [-0.39, 0.29) is 5.75 Å². The standard InChI is InChI=1S/C14H15NO2/c1-3-17-15-10(2)12-9-8-11-6-4-5-7-13(11)14(12)16/h4-9,16H,3H2,1-2H3/b15-10+. The van der Waals surface area contributed by atoms with E-state index in [1.807, 2.05) is 50.2 Å². The van der Waals surface area contributed by atoms with Crippen LogP contribution in [0.3, 0.4) is 0 Å². The van der Waals surface area contributed by atoms with Gasteiger partial charge in [0.25, 0.3) is 0 Å². The van der Waals surface area contributed by atoms with Crippen LogP contribution in [-0.2, 0) is 4.84 Å². The summed E-state index contributed by atoms with van der Waals surface area (Å²) >= 11 is 0. The molecule has 1 N–H and O–H groups in total. The number of rotatable bonds is 3. The van der Waals surface area contributed by atoms with Crippen LogP contribution < -0.4 is 0 Å². The second-order valence-electron chi connectivity index (χ2n) is 3.78. The minimum Gasteiger partial charge on any atom is -0.507 e. The molecule has 0 spiro atoms. The summed E-state index contributed by atoms with van der Waals surface area (Å²) in [7, 11) is 0. The maximum absolute atomic E-state index is 10.2. The molecule has 0 aromatic heterocycles. The maximum Gasteiger partial charge on any atom is 0.132 e. The van der Waals surface area contributed by atoms with E-state index >= 15 is 0 Å². The summed E-state index contributed by atoms with van der Waals surface area (Å²) in [6.07, 6.45) is 0. The molecule has 0 atom stereocenters. The SMILES string of the molecule is CCO/N=C(\C)c1ccc2ccccc2c1O. The van der Waals surface area contributed by atoms with Crippen LogP contribution in [-0.4, -0.2) is 17.4 Å². The molecule has 0 unspecified atom stereocenters. The minimum atomic E-state index is 0.254. The van der Waals surface area contributed by atoms with Crippen LogP contribution in [0.2, 0.25) is 0 Å². The van der Waals surface area contributed by atoms with Crippen LogP contribution in [0, 0.1) is 0 Å². The van der Waals surface area contributed by atoms with Gasteiger partial charge in [-0.3, -0.25) is 0 Å². The quantitative estimate of drug-likeness (QED) is 0.648. The number of nitrogens with zero attached hydrogens (tertiary/aromatic N) is 1. The second-order valence-corrected chi connectivity index (χ2v) is 3.78. The molecule has 0 aliphatic carbocycles. The molecule has 2 rings (SSSR count). The predicted octanol–water partition coefficient (Wildman–Crippen LogP) is 3.31. The average molecular weight is 229 g/mol. The van der Waals surface area contributed by atoms with Gasteiger partial charge >= 0.3 is 0 Å². The van der Waals surface area contributed by atoms with Crippen molar-refractivity contribution in [3.05, 3.63) is 42.0 Å². The maximum atomic E-state index is 10.2. The van der Waals surface area contributed by atoms with Gasteiger partial charge in [0.2, 0.25) is 0 Å². The minimum absolute atomic E-state index is 0.254. The molecule has 3 nitrogen and oxygen atoms in total. The summed E-state index contributed by atoms with van der Waals surface area (Å²) < 4.78 is 0. The first-order valence-corrected chi connectivity index (χ1v) is 5.61. The lowest BCUT2D eigenvalue weighted by Gasteiger charge is -2.07. The molecule has 2 aromatic rings. The Hall–Kier alpha value is -2.03. The number of phenolic OH excluding ortho intramolecular Hbond substituents is 1. The molecule has 0 saturated heterocycles. The van der Waals surface area contributed by atoms with Crippen LogP contribution >= 0.6 is 0 Å². The van der Waals surface area contributed by atoms with Crippen LogP contribution in [0.25, 0.3) is 10.8 Å². The lowest BCUT2D eigenvalue weighted by molar-refractivity contribution is 0.159. The van der Waals surface area contributed by atoms with Crippen molar-refractivity contribution >= 4 is 16.5 Å². The number of fused-ring (bicyclic) bond motifs is 1. The van der Waals surface area contributed by atoms with E-state index in [0.29, 0.717) is 17.9 Å². The highest BCUT2D eigenvalue weighted by atomic mass is 16.6. The highest BCUT2D eigenvalue weighted by Crippen LogP contribution is 2.28. The molecule has 3 heteroatoms. The van der Waals surface area contributed by atoms with Gasteiger partial charge in [0.15, 0.2) is 0 Å². The summed E-state index contributed by atoms with van der Waals surface area (Å²) in [6, 6.07) is 11.5. The van der Waals surface area contributed by atoms with Gasteiger partial charge < -0.3 is 9.94 Å². The Bertz CT molecular complexity index is 561. The fourth-order valence-corrected chi connectivity index (χ4v) is 1.76. The van der Waals surface area contributed by atoms with Gasteiger partial charge in [-0.1, -0.05) is 35.5 Å². The van der Waals surface area contributed by atoms with Gasteiger partial charge in [0.05, 0.1) is 5.71 Å². The van der Waals surface area contributed by atoms with Crippen LogP contribution in [0.1, 0.15) is 19.4 Å². The smallest absolute Gasteiger partial charge is 0.132 e. The number of oxime groups is 1. The topological polar surface area (TPSA) is 41.8 Å². The lowest BCUT2D eigenvalue weighted by Crippen LogP contribution is -1.97. The number of aromatic hydroxyl groups is 1. The molecule has 2 aromatic carbocycles. The molecule has 0 amide bonds. The van der Waals surface area contributed by atoms with Crippen LogP contribution in [0.5, 0.6) is 5.75 Å². The first-order valence-electron chi connectivity index (χ1n) is 5.61. The third kappa shape index (κ3) is 2.23. The first-order chi connectivity index (χ1) is 8.24. The van der Waals surface area contributed by atoms with Crippen molar-refractivity contribution in [2.75, 3.05) is 6.61 Å². The Kier molecular flexibility index (Phi) is 3.28. The van der Waals surface area contributed by atoms with Gasteiger partial charge in [0.1, 0.15) is 12.4 Å². The van der Waals surface area contributed by atoms with Crippen molar-refractivity contribution < 1.29 is 9.94 Å². The zero-order valence-electron chi connectivity index (χ0n) is 9.97. The molecule has 0 fully saturated rings. The van der Waals surface area contributed by atoms with Gasteiger partial charge in [-0.2, -0.15) is 0 Å². The Labute approximate surface area is 100 Å². The lowest BCUT2D eigenvalue weighted by atomic mass is 10.0. The zero-order chi connectivity index (χ0) is 12.3. The zero-order valence-corrected chi connectivity index (χ0v) is 9.97. The Morgan fingerprint density at radius 2 is 2.00 bits per heavy atom. The number of hydrogen-bond acceptors (Lipinski definition) is 3. The van der Waals surface area contributed by atoms with E-state index in [0.717, 1.165) is 10.8 Å². The van der Waals surface area contributed by atoms with Gasteiger partial charge in [0, 0.05) is 10.9 Å². The highest BCUT2D eigenvalue weighted by Gasteiger charge is 2.08. The van der Waals surface area contributed by atoms with Gasteiger partial charge in [-0.05, 0) is 25.3 Å². The Morgan fingerprint density at radius 1 is 1.24 bits per heavy atom. The molecular weight excluding hydrogens is 214 g/mol. The summed E-state index contributed by atoms with van der Waals surface area (Å²) in [4.78, 5) is 4.99. The van der Waals surface area contributed by atoms with Crippen LogP contribution in [0.4, 0.5) is 0 Å². The van der Waals surface area contributed by atoms with Crippen molar-refractivity contribution in [1.82, 2.24) is 0 Å². The highest BCUT2D eigenvalue weighted by molar-refractivity contribution is 6.06. The first kappa shape index (κ1) is 11.5. The van der Waals surface area contributed by atoms with Crippen LogP contribution in [0.15, 0.2) is 41.6 Å². The van der Waals surface area contributed by atoms with Crippen molar-refractivity contribution in [3.8, 4) is 5.75 Å². The normalized spacial score (nSPS) is 11.8. The van der Waals surface area contributed by atoms with E-state index in [2.05, 4.69) is 5.16 Å². The Balaban J connectivity index is 2.53. The molecule has 0 aliphatic rings. The monoisotopic (exact) mass is 229 g/mol. The average Bonchev–Trinajstić information content (AvgIpc) is 2.37. The van der Waals surface area contributed by atoms with Gasteiger partial charge in [-0.15, -0.1) is 0 Å². The molecule has 0 bridgehead atoms. The number of phenols is 1. The van der Waals surface area contributed by atoms with Gasteiger partial charge in [-0.25, -0.2) is 0 Å². The fraction of sp³-hybridized carbons (Fsp3) is 0.214. The third-order valence-corrected chi connectivity index (χ3v) is 2.62. The van der Waals surface area contributed by atoms with E-state index in [1.165, 1.54) is 0 Å². The summed E-state index contributed by atoms with van der Waals surface area (Å²) in [6.45, 7) is 4.21. The van der Waals surface area contributed by atoms with E-state index in [4.69, 9.17) is 4.84 Å². The molecule has 88 valence electrons. The van der Waals surface area contributed by atoms with Crippen molar-refractivity contribution in [2.45, 2.75) is 13.8 Å². The predicted molar refractivity (Wildman–Crippen MR) is 69.4 cm³/mol. The van der Waals surface area contributed by atoms with E-state index in [1.54, 1.807) is 0 Å². The molecule has 0 radical (unpaired) electrons. The molecule has 0 saturated carbocycles. The largest absolute Gasteiger partial charge is 0.507 e. The summed E-state index contributed by atoms with van der Waals surface area (Å²) in [5, 5.41) is 16.0. The second kappa shape index (κ2) is 4.87. The molecule has 0 heterocycles. The van der Waals surface area contributed by atoms with E-state index in [9.17, 15) is 5.11 Å². The molecular formula is C14H15NO2.